The lowest BCUT2D eigenvalue weighted by Gasteiger charge is -2.08. The molecule has 0 saturated heterocycles. The highest BCUT2D eigenvalue weighted by atomic mass is 31.2. The second-order valence-electron chi connectivity index (χ2n) is 7.80. The SMILES string of the molecule is CCC/C(=C\c1nnc(-c2ccc(CNCCCP(=O)(O)O)cc2C)o1)c1ccccc1. The Labute approximate surface area is 188 Å². The Morgan fingerprint density at radius 3 is 2.62 bits per heavy atom. The smallest absolute Gasteiger partial charge is 0.325 e. The fraction of sp³-hybridized carbons (Fsp3) is 0.333. The monoisotopic (exact) mass is 455 g/mol. The van der Waals surface area contributed by atoms with Gasteiger partial charge >= 0.3 is 7.60 Å². The number of nitrogens with one attached hydrogen (secondary N) is 1. The van der Waals surface area contributed by atoms with Gasteiger partial charge in [0.25, 0.3) is 0 Å². The highest BCUT2D eigenvalue weighted by Crippen LogP contribution is 2.34. The van der Waals surface area contributed by atoms with Crippen molar-refractivity contribution in [3.05, 3.63) is 71.1 Å². The number of allylic oxidation sites excluding steroid dienone is 1. The van der Waals surface area contributed by atoms with Gasteiger partial charge in [0.15, 0.2) is 0 Å². The van der Waals surface area contributed by atoms with Crippen molar-refractivity contribution in [1.82, 2.24) is 15.5 Å². The molecule has 7 nitrogen and oxygen atoms in total. The quantitative estimate of drug-likeness (QED) is 0.274. The zero-order chi connectivity index (χ0) is 23.0. The molecule has 2 aromatic carbocycles. The van der Waals surface area contributed by atoms with Crippen LogP contribution >= 0.6 is 7.60 Å². The van der Waals surface area contributed by atoms with Gasteiger partial charge in [-0.2, -0.15) is 0 Å². The zero-order valence-electron chi connectivity index (χ0n) is 18.5. The Morgan fingerprint density at radius 1 is 1.16 bits per heavy atom. The summed E-state index contributed by atoms with van der Waals surface area (Å²) in [6.07, 6.45) is 4.24. The van der Waals surface area contributed by atoms with E-state index >= 15 is 0 Å². The first-order valence-electron chi connectivity index (χ1n) is 10.8. The summed E-state index contributed by atoms with van der Waals surface area (Å²) in [5, 5.41) is 11.7. The van der Waals surface area contributed by atoms with Crippen LogP contribution in [0.1, 0.15) is 48.8 Å². The van der Waals surface area contributed by atoms with Gasteiger partial charge in [0.2, 0.25) is 11.8 Å². The minimum absolute atomic E-state index is 0.101. The minimum Gasteiger partial charge on any atom is -0.417 e. The third-order valence-electron chi connectivity index (χ3n) is 5.06. The lowest BCUT2D eigenvalue weighted by Crippen LogP contribution is -2.15. The molecule has 0 amide bonds. The highest BCUT2D eigenvalue weighted by molar-refractivity contribution is 7.51. The van der Waals surface area contributed by atoms with E-state index in [4.69, 9.17) is 14.2 Å². The number of hydrogen-bond donors (Lipinski definition) is 3. The molecular weight excluding hydrogens is 425 g/mol. The Hall–Kier alpha value is -2.57. The van der Waals surface area contributed by atoms with Crippen molar-refractivity contribution in [2.24, 2.45) is 0 Å². The number of aryl methyl sites for hydroxylation is 1. The second-order valence-corrected chi connectivity index (χ2v) is 9.58. The largest absolute Gasteiger partial charge is 0.417 e. The summed E-state index contributed by atoms with van der Waals surface area (Å²) in [6, 6.07) is 16.2. The molecule has 0 saturated carbocycles. The molecule has 8 heteroatoms. The van der Waals surface area contributed by atoms with E-state index < -0.39 is 7.60 Å². The van der Waals surface area contributed by atoms with Gasteiger partial charge in [0.05, 0.1) is 6.16 Å². The molecule has 3 rings (SSSR count). The third-order valence-corrected chi connectivity index (χ3v) is 5.95. The maximum Gasteiger partial charge on any atom is 0.325 e. The number of aromatic nitrogens is 2. The first-order valence-corrected chi connectivity index (χ1v) is 12.6. The average Bonchev–Trinajstić information content (AvgIpc) is 3.21. The molecule has 0 bridgehead atoms. The molecule has 170 valence electrons. The molecule has 0 aliphatic rings. The second kappa shape index (κ2) is 11.3. The predicted molar refractivity (Wildman–Crippen MR) is 127 cm³/mol. The van der Waals surface area contributed by atoms with E-state index in [1.54, 1.807) is 0 Å². The van der Waals surface area contributed by atoms with Gasteiger partial charge in [0, 0.05) is 18.2 Å². The average molecular weight is 455 g/mol. The van der Waals surface area contributed by atoms with E-state index in [-0.39, 0.29) is 6.16 Å². The predicted octanol–water partition coefficient (Wildman–Crippen LogP) is 5.04. The van der Waals surface area contributed by atoms with E-state index in [1.165, 1.54) is 5.57 Å². The topological polar surface area (TPSA) is 108 Å². The van der Waals surface area contributed by atoms with Crippen molar-refractivity contribution in [3.63, 3.8) is 0 Å². The molecule has 32 heavy (non-hydrogen) atoms. The van der Waals surface area contributed by atoms with Crippen LogP contribution in [-0.2, 0) is 11.1 Å². The molecule has 3 N–H and O–H groups in total. The normalized spacial score (nSPS) is 12.3. The first-order chi connectivity index (χ1) is 15.4. The summed E-state index contributed by atoms with van der Waals surface area (Å²) >= 11 is 0. The summed E-state index contributed by atoms with van der Waals surface area (Å²) in [7, 11) is -3.92. The molecule has 1 aromatic heterocycles. The number of nitrogens with zero attached hydrogens (tertiary/aromatic N) is 2. The Balaban J connectivity index is 1.67. The van der Waals surface area contributed by atoms with E-state index in [2.05, 4.69) is 40.6 Å². The number of hydrogen-bond acceptors (Lipinski definition) is 5. The van der Waals surface area contributed by atoms with Crippen molar-refractivity contribution in [3.8, 4) is 11.5 Å². The molecule has 0 spiro atoms. The van der Waals surface area contributed by atoms with Gasteiger partial charge in [0.1, 0.15) is 0 Å². The van der Waals surface area contributed by atoms with Crippen LogP contribution < -0.4 is 5.32 Å². The van der Waals surface area contributed by atoms with E-state index in [0.29, 0.717) is 31.3 Å². The van der Waals surface area contributed by atoms with Gasteiger partial charge in [-0.1, -0.05) is 55.8 Å². The van der Waals surface area contributed by atoms with Crippen molar-refractivity contribution in [2.75, 3.05) is 12.7 Å². The van der Waals surface area contributed by atoms with Gasteiger partial charge in [-0.25, -0.2) is 0 Å². The fourth-order valence-electron chi connectivity index (χ4n) is 3.49. The van der Waals surface area contributed by atoms with E-state index in [9.17, 15) is 4.57 Å². The van der Waals surface area contributed by atoms with Crippen LogP contribution in [-0.4, -0.2) is 32.7 Å². The highest BCUT2D eigenvalue weighted by Gasteiger charge is 2.13. The van der Waals surface area contributed by atoms with Crippen LogP contribution in [0.3, 0.4) is 0 Å². The first kappa shape index (κ1) is 24.1. The number of benzene rings is 2. The Morgan fingerprint density at radius 2 is 1.94 bits per heavy atom. The van der Waals surface area contributed by atoms with Gasteiger partial charge in [-0.05, 0) is 54.6 Å². The summed E-state index contributed by atoms with van der Waals surface area (Å²) in [5.41, 5.74) is 5.31. The van der Waals surface area contributed by atoms with Crippen LogP contribution in [0.15, 0.2) is 52.9 Å². The fourth-order valence-corrected chi connectivity index (χ4v) is 4.06. The molecule has 0 atom stereocenters. The standard InChI is InChI=1S/C24H30N3O4P/c1-3-8-21(20-9-5-4-6-10-20)16-23-26-27-24(31-23)22-12-11-19(15-18(22)2)17-25-13-7-14-32(28,29)30/h4-6,9-12,15-16,25H,3,7-8,13-14,17H2,1-2H3,(H2,28,29,30)/b21-16+. The van der Waals surface area contributed by atoms with Crippen LogP contribution in [0, 0.1) is 6.92 Å². The Bertz CT molecular complexity index is 1090. The van der Waals surface area contributed by atoms with Crippen LogP contribution in [0.2, 0.25) is 0 Å². The van der Waals surface area contributed by atoms with E-state index in [1.807, 2.05) is 43.3 Å². The van der Waals surface area contributed by atoms with Crippen molar-refractivity contribution in [2.45, 2.75) is 39.7 Å². The lowest BCUT2D eigenvalue weighted by molar-refractivity contribution is 0.371. The summed E-state index contributed by atoms with van der Waals surface area (Å²) in [4.78, 5) is 17.8. The van der Waals surface area contributed by atoms with Crippen LogP contribution in [0.5, 0.6) is 0 Å². The summed E-state index contributed by atoms with van der Waals surface area (Å²) < 4.78 is 16.8. The Kier molecular flexibility index (Phi) is 8.53. The van der Waals surface area contributed by atoms with E-state index in [0.717, 1.165) is 35.1 Å². The molecule has 0 aliphatic heterocycles. The van der Waals surface area contributed by atoms with Crippen molar-refractivity contribution in [1.29, 1.82) is 0 Å². The van der Waals surface area contributed by atoms with Crippen LogP contribution in [0.25, 0.3) is 23.1 Å². The van der Waals surface area contributed by atoms with Gasteiger partial charge in [-0.3, -0.25) is 4.57 Å². The number of rotatable bonds is 11. The molecule has 3 aromatic rings. The molecular formula is C24H30N3O4P. The summed E-state index contributed by atoms with van der Waals surface area (Å²) in [5.74, 6) is 0.973. The zero-order valence-corrected chi connectivity index (χ0v) is 19.4. The van der Waals surface area contributed by atoms with Crippen molar-refractivity contribution < 1.29 is 18.8 Å². The molecule has 0 fully saturated rings. The minimum atomic E-state index is -3.92. The maximum atomic E-state index is 10.9. The van der Waals surface area contributed by atoms with Gasteiger partial charge < -0.3 is 19.5 Å². The lowest BCUT2D eigenvalue weighted by atomic mass is 10.0. The molecule has 0 aliphatic carbocycles. The summed E-state index contributed by atoms with van der Waals surface area (Å²) in [6.45, 7) is 5.32. The van der Waals surface area contributed by atoms with Gasteiger partial charge in [-0.15, -0.1) is 10.2 Å². The van der Waals surface area contributed by atoms with Crippen molar-refractivity contribution >= 4 is 19.2 Å². The molecule has 1 heterocycles. The molecule has 0 unspecified atom stereocenters. The molecule has 0 radical (unpaired) electrons. The third kappa shape index (κ3) is 7.24. The van der Waals surface area contributed by atoms with Crippen LogP contribution in [0.4, 0.5) is 0 Å². The maximum absolute atomic E-state index is 10.9.